The monoisotopic (exact) mass is 394 g/mol. The highest BCUT2D eigenvalue weighted by Crippen LogP contribution is 2.29. The zero-order valence-corrected chi connectivity index (χ0v) is 15.7. The molecule has 0 saturated carbocycles. The van der Waals surface area contributed by atoms with Gasteiger partial charge in [-0.3, -0.25) is 4.79 Å². The van der Waals surface area contributed by atoms with Crippen LogP contribution in [0.1, 0.15) is 84.0 Å². The van der Waals surface area contributed by atoms with Gasteiger partial charge in [-0.15, -0.1) is 0 Å². The molecule has 0 aliphatic rings. The van der Waals surface area contributed by atoms with Gasteiger partial charge in [0.1, 0.15) is 0 Å². The fourth-order valence-electron chi connectivity index (χ4n) is 2.77. The normalized spacial score (nSPS) is 11.0. The number of benzene rings is 1. The number of hydrogen-bond donors (Lipinski definition) is 0. The van der Waals surface area contributed by atoms with Crippen LogP contribution in [0.5, 0.6) is 5.75 Å². The molecule has 0 atom stereocenters. The molecule has 0 saturated heterocycles. The van der Waals surface area contributed by atoms with Crippen LogP contribution in [0.15, 0.2) is 0 Å². The fourth-order valence-corrected chi connectivity index (χ4v) is 2.77. The minimum Gasteiger partial charge on any atom is -0.420 e. The predicted octanol–water partition coefficient (Wildman–Crippen LogP) is 6.99. The Morgan fingerprint density at radius 2 is 1.00 bits per heavy atom. The van der Waals surface area contributed by atoms with E-state index in [4.69, 9.17) is 0 Å². The molecule has 1 aromatic rings. The second kappa shape index (κ2) is 12.7. The number of hydrogen-bond acceptors (Lipinski definition) is 2. The molecule has 0 aromatic heterocycles. The lowest BCUT2D eigenvalue weighted by Crippen LogP contribution is -2.13. The van der Waals surface area contributed by atoms with Gasteiger partial charge < -0.3 is 4.74 Å². The molecule has 0 amide bonds. The molecule has 0 fully saturated rings. The Kier molecular flexibility index (Phi) is 11.0. The van der Waals surface area contributed by atoms with E-state index in [9.17, 15) is 26.7 Å². The first-order valence-electron chi connectivity index (χ1n) is 9.62. The summed E-state index contributed by atoms with van der Waals surface area (Å²) in [7, 11) is 0. The Balaban J connectivity index is 2.22. The predicted molar refractivity (Wildman–Crippen MR) is 92.9 cm³/mol. The standard InChI is InChI=1S/C20H27F5O2/c1-2-3-4-5-6-7-8-9-10-11-12-13-14(26)27-20-18(24)16(22)15(21)17(23)19(20)25/h2-13H2,1H3. The molecule has 0 heterocycles. The van der Waals surface area contributed by atoms with Crippen LogP contribution in [0.2, 0.25) is 0 Å². The number of rotatable bonds is 13. The molecule has 0 aliphatic carbocycles. The molecule has 2 nitrogen and oxygen atoms in total. The first-order valence-corrected chi connectivity index (χ1v) is 9.62. The van der Waals surface area contributed by atoms with Crippen molar-refractivity contribution in [1.82, 2.24) is 0 Å². The summed E-state index contributed by atoms with van der Waals surface area (Å²) in [6.07, 6.45) is 11.6. The van der Waals surface area contributed by atoms with Crippen molar-refractivity contribution < 1.29 is 31.5 Å². The van der Waals surface area contributed by atoms with Crippen molar-refractivity contribution in [3.05, 3.63) is 29.1 Å². The van der Waals surface area contributed by atoms with E-state index in [1.165, 1.54) is 38.5 Å². The quantitative estimate of drug-likeness (QED) is 0.0900. The average Bonchev–Trinajstić information content (AvgIpc) is 2.66. The van der Waals surface area contributed by atoms with Gasteiger partial charge in [-0.2, -0.15) is 8.78 Å². The highest BCUT2D eigenvalue weighted by atomic mass is 19.2. The van der Waals surface area contributed by atoms with E-state index in [1.807, 2.05) is 0 Å². The largest absolute Gasteiger partial charge is 0.420 e. The molecule has 1 rings (SSSR count). The van der Waals surface area contributed by atoms with Crippen LogP contribution >= 0.6 is 0 Å². The van der Waals surface area contributed by atoms with Gasteiger partial charge in [0.05, 0.1) is 0 Å². The summed E-state index contributed by atoms with van der Waals surface area (Å²) >= 11 is 0. The number of unbranched alkanes of at least 4 members (excludes halogenated alkanes) is 10. The second-order valence-corrected chi connectivity index (χ2v) is 6.66. The zero-order chi connectivity index (χ0) is 20.2. The van der Waals surface area contributed by atoms with Gasteiger partial charge in [0, 0.05) is 6.42 Å². The third-order valence-corrected chi connectivity index (χ3v) is 4.37. The Morgan fingerprint density at radius 1 is 0.630 bits per heavy atom. The van der Waals surface area contributed by atoms with Crippen molar-refractivity contribution in [2.24, 2.45) is 0 Å². The molecule has 0 N–H and O–H groups in total. The summed E-state index contributed by atoms with van der Waals surface area (Å²) in [6, 6.07) is 0. The number of halogens is 5. The maximum Gasteiger partial charge on any atom is 0.311 e. The van der Waals surface area contributed by atoms with Crippen molar-refractivity contribution in [2.45, 2.75) is 84.0 Å². The molecule has 0 bridgehead atoms. The van der Waals surface area contributed by atoms with Gasteiger partial charge >= 0.3 is 5.97 Å². The van der Waals surface area contributed by atoms with Crippen molar-refractivity contribution in [3.63, 3.8) is 0 Å². The van der Waals surface area contributed by atoms with Crippen LogP contribution in [0, 0.1) is 29.1 Å². The van der Waals surface area contributed by atoms with Crippen molar-refractivity contribution in [1.29, 1.82) is 0 Å². The molecular formula is C20H27F5O2. The van der Waals surface area contributed by atoms with E-state index in [0.29, 0.717) is 6.42 Å². The summed E-state index contributed by atoms with van der Waals surface area (Å²) in [4.78, 5) is 11.6. The second-order valence-electron chi connectivity index (χ2n) is 6.66. The summed E-state index contributed by atoms with van der Waals surface area (Å²) < 4.78 is 70.2. The van der Waals surface area contributed by atoms with Gasteiger partial charge in [0.15, 0.2) is 0 Å². The van der Waals surface area contributed by atoms with Gasteiger partial charge in [-0.1, -0.05) is 71.1 Å². The lowest BCUT2D eigenvalue weighted by atomic mass is 10.1. The SMILES string of the molecule is CCCCCCCCCCCCCC(=O)Oc1c(F)c(F)c(F)c(F)c1F. The Labute approximate surface area is 157 Å². The third kappa shape index (κ3) is 7.85. The van der Waals surface area contributed by atoms with E-state index in [0.717, 1.165) is 25.7 Å². The van der Waals surface area contributed by atoms with Crippen LogP contribution in [0.25, 0.3) is 0 Å². The fraction of sp³-hybridized carbons (Fsp3) is 0.650. The van der Waals surface area contributed by atoms with Crippen LogP contribution in [-0.4, -0.2) is 5.97 Å². The zero-order valence-electron chi connectivity index (χ0n) is 15.7. The van der Waals surface area contributed by atoms with Gasteiger partial charge in [-0.25, -0.2) is 13.2 Å². The van der Waals surface area contributed by atoms with Gasteiger partial charge in [-0.05, 0) is 6.42 Å². The van der Waals surface area contributed by atoms with Crippen LogP contribution in [-0.2, 0) is 4.79 Å². The van der Waals surface area contributed by atoms with E-state index in [-0.39, 0.29) is 6.42 Å². The number of esters is 1. The van der Waals surface area contributed by atoms with E-state index < -0.39 is 40.8 Å². The average molecular weight is 394 g/mol. The maximum absolute atomic E-state index is 13.4. The lowest BCUT2D eigenvalue weighted by Gasteiger charge is -2.08. The summed E-state index contributed by atoms with van der Waals surface area (Å²) in [5.74, 6) is -13.4. The first kappa shape index (κ1) is 23.4. The number of carbonyl (C=O) groups is 1. The summed E-state index contributed by atoms with van der Waals surface area (Å²) in [5, 5.41) is 0. The van der Waals surface area contributed by atoms with Crippen LogP contribution in [0.3, 0.4) is 0 Å². The van der Waals surface area contributed by atoms with E-state index in [2.05, 4.69) is 11.7 Å². The highest BCUT2D eigenvalue weighted by molar-refractivity contribution is 5.72. The number of carbonyl (C=O) groups excluding carboxylic acids is 1. The van der Waals surface area contributed by atoms with Gasteiger partial charge in [0.25, 0.3) is 0 Å². The minimum absolute atomic E-state index is 0.142. The Bertz CT molecular complexity index is 576. The molecular weight excluding hydrogens is 367 g/mol. The molecule has 0 unspecified atom stereocenters. The van der Waals surface area contributed by atoms with Gasteiger partial charge in [0.2, 0.25) is 34.8 Å². The van der Waals surface area contributed by atoms with Crippen LogP contribution < -0.4 is 4.74 Å². The topological polar surface area (TPSA) is 26.3 Å². The first-order chi connectivity index (χ1) is 12.9. The van der Waals surface area contributed by atoms with Crippen LogP contribution in [0.4, 0.5) is 22.0 Å². The Hall–Kier alpha value is -1.66. The Morgan fingerprint density at radius 3 is 1.44 bits per heavy atom. The molecule has 154 valence electrons. The maximum atomic E-state index is 13.4. The molecule has 0 aliphatic heterocycles. The third-order valence-electron chi connectivity index (χ3n) is 4.37. The van der Waals surface area contributed by atoms with Crippen molar-refractivity contribution in [2.75, 3.05) is 0 Å². The molecule has 27 heavy (non-hydrogen) atoms. The smallest absolute Gasteiger partial charge is 0.311 e. The highest BCUT2D eigenvalue weighted by Gasteiger charge is 2.28. The van der Waals surface area contributed by atoms with E-state index >= 15 is 0 Å². The van der Waals surface area contributed by atoms with Crippen molar-refractivity contribution >= 4 is 5.97 Å². The minimum atomic E-state index is -2.28. The summed E-state index contributed by atoms with van der Waals surface area (Å²) in [5.41, 5.74) is 0. The molecule has 7 heteroatoms. The van der Waals surface area contributed by atoms with E-state index in [1.54, 1.807) is 0 Å². The molecule has 0 radical (unpaired) electrons. The summed E-state index contributed by atoms with van der Waals surface area (Å²) in [6.45, 7) is 2.18. The lowest BCUT2D eigenvalue weighted by molar-refractivity contribution is -0.135. The van der Waals surface area contributed by atoms with Crippen molar-refractivity contribution in [3.8, 4) is 5.75 Å². The molecule has 1 aromatic carbocycles. The molecule has 0 spiro atoms. The number of ether oxygens (including phenoxy) is 1.